The third-order valence-electron chi connectivity index (χ3n) is 2.87. The van der Waals surface area contributed by atoms with Crippen molar-refractivity contribution in [3.05, 3.63) is 0 Å². The summed E-state index contributed by atoms with van der Waals surface area (Å²) in [5, 5.41) is 22.1. The molecule has 2 heterocycles. The van der Waals surface area contributed by atoms with Gasteiger partial charge >= 0.3 is 1.43 Å². The van der Waals surface area contributed by atoms with Crippen LogP contribution in [0.25, 0.3) is 0 Å². The Morgan fingerprint density at radius 1 is 0.952 bits per heavy atom. The third kappa shape index (κ3) is 7.89. The lowest BCUT2D eigenvalue weighted by Gasteiger charge is -2.32. The average Bonchev–Trinajstić information content (AvgIpc) is 2.44. The van der Waals surface area contributed by atoms with Crippen molar-refractivity contribution in [3.8, 4) is 0 Å². The molecule has 4 unspecified atom stereocenters. The number of hydrogen-bond donors (Lipinski definition) is 1. The molecule has 2 aliphatic rings. The topological polar surface area (TPSA) is 96.9 Å². The van der Waals surface area contributed by atoms with E-state index in [0.717, 1.165) is 22.6 Å². The van der Waals surface area contributed by atoms with Crippen LogP contribution < -0.4 is 15.5 Å². The predicted molar refractivity (Wildman–Crippen MR) is 94.8 cm³/mol. The van der Waals surface area contributed by atoms with Crippen molar-refractivity contribution in [3.63, 3.8) is 0 Å². The van der Waals surface area contributed by atoms with Crippen LogP contribution in [0.2, 0.25) is 0 Å². The zero-order chi connectivity index (χ0) is 15.8. The van der Waals surface area contributed by atoms with Crippen LogP contribution in [0, 0.1) is 0 Å². The third-order valence-corrected chi connectivity index (χ3v) is 12.4. The second-order valence-electron chi connectivity index (χ2n) is 4.40. The molecule has 2 N–H and O–H groups in total. The van der Waals surface area contributed by atoms with E-state index in [4.69, 9.17) is 19.8 Å². The minimum Gasteiger partial charge on any atom is -0.543 e. The van der Waals surface area contributed by atoms with Gasteiger partial charge in [-0.15, -0.1) is 0 Å². The summed E-state index contributed by atoms with van der Waals surface area (Å²) < 4.78 is 0. The highest BCUT2D eigenvalue weighted by Crippen LogP contribution is 2.45. The largest absolute Gasteiger partial charge is 1.00 e. The fourth-order valence-corrected chi connectivity index (χ4v) is 11.5. The fourth-order valence-electron chi connectivity index (χ4n) is 1.55. The lowest BCUT2D eigenvalue weighted by atomic mass is 10.2. The molecule has 2 rings (SSSR count). The minimum absolute atomic E-state index is 0. The molecule has 0 spiro atoms. The molecule has 0 aromatic rings. The van der Waals surface area contributed by atoms with E-state index < -0.39 is 11.9 Å². The van der Waals surface area contributed by atoms with Gasteiger partial charge in [0.15, 0.2) is 0 Å². The van der Waals surface area contributed by atoms with Gasteiger partial charge in [-0.2, -0.15) is 0 Å². The summed E-state index contributed by atoms with van der Waals surface area (Å²) in [7, 11) is 12.1. The van der Waals surface area contributed by atoms with Gasteiger partial charge in [-0.05, 0) is 33.5 Å². The van der Waals surface area contributed by atoms with E-state index in [9.17, 15) is 0 Å². The highest BCUT2D eigenvalue weighted by Gasteiger charge is 2.33. The number of rotatable bonds is 2. The minimum atomic E-state index is -2.19. The van der Waals surface area contributed by atoms with Crippen LogP contribution >= 0.6 is 62.8 Å². The maximum Gasteiger partial charge on any atom is 1.00 e. The van der Waals surface area contributed by atoms with Crippen LogP contribution in [0.5, 0.6) is 0 Å². The van der Waals surface area contributed by atoms with Gasteiger partial charge in [-0.3, -0.25) is 0 Å². The molecule has 2 aliphatic heterocycles. The molecule has 2 fully saturated rings. The molecule has 11 heteroatoms. The summed E-state index contributed by atoms with van der Waals surface area (Å²) >= 11 is 0. The molecule has 0 saturated carbocycles. The first-order chi connectivity index (χ1) is 9.91. The lowest BCUT2D eigenvalue weighted by molar-refractivity contribution is -0.711. The van der Waals surface area contributed by atoms with Crippen LogP contribution in [0.3, 0.4) is 0 Å². The number of nitrogens with two attached hydrogens (primary N) is 1. The van der Waals surface area contributed by atoms with E-state index in [0.29, 0.717) is 0 Å². The van der Waals surface area contributed by atoms with Crippen LogP contribution in [0.15, 0.2) is 0 Å². The molecule has 122 valence electrons. The van der Waals surface area contributed by atoms with E-state index >= 15 is 0 Å². The number of aliphatic carboxylic acids is 2. The van der Waals surface area contributed by atoms with Gasteiger partial charge in [0.2, 0.25) is 0 Å². The highest BCUT2D eigenvalue weighted by atomic mass is 33.5. The number of carbonyl (C=O) groups is 2. The van der Waals surface area contributed by atoms with Crippen LogP contribution in [-0.2, 0) is 9.59 Å². The van der Waals surface area contributed by atoms with E-state index in [2.05, 4.69) is 19.2 Å². The average molecular weight is 408 g/mol. The van der Waals surface area contributed by atoms with Gasteiger partial charge in [0.1, 0.15) is 12.1 Å². The Kier molecular flexibility index (Phi) is 10.2. The van der Waals surface area contributed by atoms with Gasteiger partial charge < -0.3 is 25.1 Å². The molecular weight excluding hydrogens is 391 g/mol. The summed E-state index contributed by atoms with van der Waals surface area (Å²) in [5.74, 6) is -1.75. The van der Waals surface area contributed by atoms with Crippen LogP contribution in [0.1, 0.15) is 15.3 Å². The first-order valence-corrected chi connectivity index (χ1v) is 13.5. The molecule has 21 heavy (non-hydrogen) atoms. The van der Waals surface area contributed by atoms with Crippen molar-refractivity contribution in [2.75, 3.05) is 11.5 Å². The Balaban J connectivity index is 0.000000546. The highest BCUT2D eigenvalue weighted by molar-refractivity contribution is 9.10. The summed E-state index contributed by atoms with van der Waals surface area (Å²) in [6, 6.07) is 1.64. The van der Waals surface area contributed by atoms with Crippen molar-refractivity contribution in [2.45, 2.75) is 36.4 Å². The molecule has 0 amide bonds. The lowest BCUT2D eigenvalue weighted by Crippen LogP contribution is -2.99. The van der Waals surface area contributed by atoms with E-state index in [-0.39, 0.29) is 1.43 Å². The zero-order valence-corrected chi connectivity index (χ0v) is 16.3. The van der Waals surface area contributed by atoms with Gasteiger partial charge in [0.05, 0.1) is 33.9 Å². The predicted octanol–water partition coefficient (Wildman–Crippen LogP) is -0.251. The number of quaternary nitrogens is 1. The van der Waals surface area contributed by atoms with Crippen molar-refractivity contribution in [1.82, 2.24) is 0 Å². The Bertz CT molecular complexity index is 334. The van der Waals surface area contributed by atoms with E-state index in [1.165, 1.54) is 11.5 Å². The Morgan fingerprint density at radius 2 is 1.33 bits per heavy atom. The van der Waals surface area contributed by atoms with Crippen molar-refractivity contribution in [2.24, 2.45) is 0 Å². The summed E-state index contributed by atoms with van der Waals surface area (Å²) in [6.07, 6.45) is 0. The normalized spacial score (nSPS) is 32.7. The maximum absolute atomic E-state index is 8.93. The second kappa shape index (κ2) is 10.7. The number of hydrogen-bond acceptors (Lipinski definition) is 10. The Labute approximate surface area is 148 Å². The number of carboxylic acids is 2. The Hall–Kier alpha value is 1.00. The summed E-state index contributed by atoms with van der Waals surface area (Å²) in [4.78, 5) is 17.9. The van der Waals surface area contributed by atoms with Gasteiger partial charge in [0, 0.05) is 0 Å². The summed E-state index contributed by atoms with van der Waals surface area (Å²) in [5.41, 5.74) is 0. The van der Waals surface area contributed by atoms with E-state index in [1.807, 2.05) is 62.8 Å². The fraction of sp³-hybridized carbons (Fsp3) is 0.800. The van der Waals surface area contributed by atoms with Crippen molar-refractivity contribution < 1.29 is 26.5 Å². The monoisotopic (exact) mass is 407 g/mol. The quantitative estimate of drug-likeness (QED) is 0.487. The zero-order valence-electron chi connectivity index (χ0n) is 12.4. The molecule has 0 aliphatic carbocycles. The molecule has 4 atom stereocenters. The SMILES string of the molecule is CC1SSSCC1[NH2+]C1CSSSC1C.O=C([O-])C(=O)[O-].[H+]. The standard InChI is InChI=1S/C8H15NS6.C2H2O4/c1-5-7(3-10-14-12-5)9-8-4-11-15-13-6(8)2;3-1(4)2(5)6/h5-9H,3-4H2,1-2H3;(H,3,4)(H,5,6). The van der Waals surface area contributed by atoms with Crippen molar-refractivity contribution >= 4 is 74.8 Å². The molecular formula is C10H17NO4S6. The Morgan fingerprint density at radius 3 is 1.62 bits per heavy atom. The second-order valence-corrected chi connectivity index (χ2v) is 13.5. The summed E-state index contributed by atoms with van der Waals surface area (Å²) in [6.45, 7) is 4.75. The first-order valence-electron chi connectivity index (χ1n) is 6.09. The van der Waals surface area contributed by atoms with Gasteiger partial charge in [-0.1, -0.05) is 43.2 Å². The molecule has 0 aromatic carbocycles. The van der Waals surface area contributed by atoms with E-state index in [1.54, 1.807) is 0 Å². The van der Waals surface area contributed by atoms with Gasteiger partial charge in [0.25, 0.3) is 0 Å². The maximum atomic E-state index is 8.93. The molecule has 5 nitrogen and oxygen atoms in total. The van der Waals surface area contributed by atoms with Crippen LogP contribution in [-0.4, -0.2) is 46.0 Å². The van der Waals surface area contributed by atoms with Crippen LogP contribution in [0.4, 0.5) is 0 Å². The first kappa shape index (κ1) is 20.0. The molecule has 2 saturated heterocycles. The van der Waals surface area contributed by atoms with Gasteiger partial charge in [-0.25, -0.2) is 0 Å². The van der Waals surface area contributed by atoms with Crippen molar-refractivity contribution in [1.29, 1.82) is 0 Å². The molecule has 0 radical (unpaired) electrons. The number of carbonyl (C=O) groups excluding carboxylic acids is 2. The molecule has 0 aromatic heterocycles. The number of carboxylic acid groups (broad SMARTS) is 2. The molecule has 0 bridgehead atoms. The smallest absolute Gasteiger partial charge is 0.543 e.